The number of nitrogens with one attached hydrogen (secondary N) is 1. The molecular formula is C15H15ClN2O2S. The lowest BCUT2D eigenvalue weighted by Crippen LogP contribution is -2.02. The summed E-state index contributed by atoms with van der Waals surface area (Å²) in [5.41, 5.74) is 5.17. The van der Waals surface area contributed by atoms with Crippen molar-refractivity contribution in [2.24, 2.45) is 5.10 Å². The number of rotatable bonds is 4. The zero-order valence-electron chi connectivity index (χ0n) is 11.7. The van der Waals surface area contributed by atoms with Crippen molar-refractivity contribution in [2.75, 3.05) is 11.7 Å². The lowest BCUT2D eigenvalue weighted by Gasteiger charge is -2.06. The third-order valence-electron chi connectivity index (χ3n) is 2.92. The summed E-state index contributed by atoms with van der Waals surface area (Å²) in [4.78, 5) is 0.290. The minimum atomic E-state index is -3.18. The smallest absolute Gasteiger partial charge is 0.175 e. The zero-order chi connectivity index (χ0) is 15.5. The maximum absolute atomic E-state index is 11.4. The molecule has 21 heavy (non-hydrogen) atoms. The van der Waals surface area contributed by atoms with Crippen molar-refractivity contribution < 1.29 is 8.42 Å². The van der Waals surface area contributed by atoms with Gasteiger partial charge in [0.15, 0.2) is 9.84 Å². The van der Waals surface area contributed by atoms with Gasteiger partial charge in [-0.25, -0.2) is 8.42 Å². The maximum atomic E-state index is 11.4. The first kappa shape index (κ1) is 15.5. The van der Waals surface area contributed by atoms with E-state index in [2.05, 4.69) is 10.5 Å². The van der Waals surface area contributed by atoms with Crippen LogP contribution in [0.25, 0.3) is 0 Å². The molecule has 1 N–H and O–H groups in total. The van der Waals surface area contributed by atoms with Gasteiger partial charge in [0, 0.05) is 6.26 Å². The fourth-order valence-electron chi connectivity index (χ4n) is 1.70. The molecule has 4 nitrogen and oxygen atoms in total. The number of benzene rings is 2. The van der Waals surface area contributed by atoms with E-state index >= 15 is 0 Å². The molecule has 0 atom stereocenters. The van der Waals surface area contributed by atoms with Crippen LogP contribution < -0.4 is 5.43 Å². The van der Waals surface area contributed by atoms with E-state index in [0.29, 0.717) is 10.7 Å². The van der Waals surface area contributed by atoms with Crippen LogP contribution in [0, 0.1) is 0 Å². The Bertz CT molecular complexity index is 769. The second-order valence-corrected chi connectivity index (χ2v) is 7.01. The Balaban J connectivity index is 2.18. The molecule has 2 aromatic rings. The van der Waals surface area contributed by atoms with Gasteiger partial charge in [0.2, 0.25) is 0 Å². The van der Waals surface area contributed by atoms with Crippen LogP contribution in [0.4, 0.5) is 5.69 Å². The van der Waals surface area contributed by atoms with Gasteiger partial charge in [0.05, 0.1) is 21.3 Å². The fraction of sp³-hybridized carbons (Fsp3) is 0.133. The van der Waals surface area contributed by atoms with Crippen LogP contribution in [-0.4, -0.2) is 20.4 Å². The second kappa shape index (κ2) is 6.28. The summed E-state index contributed by atoms with van der Waals surface area (Å²) in [5.74, 6) is 0. The van der Waals surface area contributed by atoms with Gasteiger partial charge in [-0.15, -0.1) is 0 Å². The predicted octanol–water partition coefficient (Wildman–Crippen LogP) is 3.58. The Morgan fingerprint density at radius 3 is 2.29 bits per heavy atom. The summed E-state index contributed by atoms with van der Waals surface area (Å²) in [6, 6.07) is 13.9. The van der Waals surface area contributed by atoms with Crippen molar-refractivity contribution in [1.29, 1.82) is 0 Å². The molecule has 2 rings (SSSR count). The molecule has 0 saturated heterocycles. The Kier molecular flexibility index (Phi) is 4.65. The molecule has 6 heteroatoms. The van der Waals surface area contributed by atoms with Crippen LogP contribution in [0.5, 0.6) is 0 Å². The maximum Gasteiger partial charge on any atom is 0.175 e. The average molecular weight is 323 g/mol. The normalized spacial score (nSPS) is 12.2. The molecule has 0 spiro atoms. The SMILES string of the molecule is C/C(=N/Nc1ccccc1Cl)c1ccc(S(C)(=O)=O)cc1. The van der Waals surface area contributed by atoms with Crippen LogP contribution in [0.1, 0.15) is 12.5 Å². The van der Waals surface area contributed by atoms with Crippen molar-refractivity contribution >= 4 is 32.8 Å². The van der Waals surface area contributed by atoms with E-state index in [1.165, 1.54) is 6.26 Å². The minimum absolute atomic E-state index is 0.290. The molecule has 0 amide bonds. The van der Waals surface area contributed by atoms with Crippen molar-refractivity contribution in [2.45, 2.75) is 11.8 Å². The first-order valence-corrected chi connectivity index (χ1v) is 8.50. The van der Waals surface area contributed by atoms with Crippen molar-refractivity contribution in [1.82, 2.24) is 0 Å². The Morgan fingerprint density at radius 2 is 1.71 bits per heavy atom. The molecule has 2 aromatic carbocycles. The van der Waals surface area contributed by atoms with Crippen LogP contribution >= 0.6 is 11.6 Å². The summed E-state index contributed by atoms with van der Waals surface area (Å²) in [7, 11) is -3.18. The van der Waals surface area contributed by atoms with Gasteiger partial charge in [-0.05, 0) is 36.8 Å². The zero-order valence-corrected chi connectivity index (χ0v) is 13.2. The quantitative estimate of drug-likeness (QED) is 0.691. The molecule has 0 aliphatic carbocycles. The second-order valence-electron chi connectivity index (χ2n) is 4.59. The molecule has 0 radical (unpaired) electrons. The Morgan fingerprint density at radius 1 is 1.10 bits per heavy atom. The van der Waals surface area contributed by atoms with E-state index in [0.717, 1.165) is 11.3 Å². The number of nitrogens with zero attached hydrogens (tertiary/aromatic N) is 1. The lowest BCUT2D eigenvalue weighted by molar-refractivity contribution is 0.602. The predicted molar refractivity (Wildman–Crippen MR) is 86.8 cm³/mol. The van der Waals surface area contributed by atoms with E-state index in [-0.39, 0.29) is 4.90 Å². The summed E-state index contributed by atoms with van der Waals surface area (Å²) in [6.07, 6.45) is 1.18. The minimum Gasteiger partial charge on any atom is -0.277 e. The van der Waals surface area contributed by atoms with E-state index in [1.54, 1.807) is 30.3 Å². The largest absolute Gasteiger partial charge is 0.277 e. The van der Waals surface area contributed by atoms with Gasteiger partial charge in [-0.1, -0.05) is 35.9 Å². The standard InChI is InChI=1S/C15H15ClN2O2S/c1-11(17-18-15-6-4-3-5-14(15)16)12-7-9-13(10-8-12)21(2,19)20/h3-10,18H,1-2H3/b17-11-. The van der Waals surface area contributed by atoms with E-state index < -0.39 is 9.84 Å². The summed E-state index contributed by atoms with van der Waals surface area (Å²) < 4.78 is 22.8. The van der Waals surface area contributed by atoms with Gasteiger partial charge >= 0.3 is 0 Å². The Hall–Kier alpha value is -1.85. The lowest BCUT2D eigenvalue weighted by atomic mass is 10.1. The van der Waals surface area contributed by atoms with Crippen LogP contribution in [0.3, 0.4) is 0 Å². The van der Waals surface area contributed by atoms with E-state index in [4.69, 9.17) is 11.6 Å². The van der Waals surface area contributed by atoms with Crippen molar-refractivity contribution in [3.8, 4) is 0 Å². The number of hydrogen-bond acceptors (Lipinski definition) is 4. The number of hydrogen-bond donors (Lipinski definition) is 1. The topological polar surface area (TPSA) is 58.5 Å². The molecule has 0 unspecified atom stereocenters. The number of para-hydroxylation sites is 1. The van der Waals surface area contributed by atoms with Gasteiger partial charge in [0.1, 0.15) is 0 Å². The number of anilines is 1. The third kappa shape index (κ3) is 4.06. The molecule has 0 aromatic heterocycles. The Labute approximate surface area is 129 Å². The summed E-state index contributed by atoms with van der Waals surface area (Å²) in [6.45, 7) is 1.83. The molecular weight excluding hydrogens is 308 g/mol. The highest BCUT2D eigenvalue weighted by Crippen LogP contribution is 2.20. The van der Waals surface area contributed by atoms with Crippen molar-refractivity contribution in [3.63, 3.8) is 0 Å². The molecule has 0 aliphatic heterocycles. The van der Waals surface area contributed by atoms with Crippen LogP contribution in [0.2, 0.25) is 5.02 Å². The number of halogens is 1. The van der Waals surface area contributed by atoms with Crippen LogP contribution in [-0.2, 0) is 9.84 Å². The van der Waals surface area contributed by atoms with E-state index in [1.807, 2.05) is 25.1 Å². The highest BCUT2D eigenvalue weighted by atomic mass is 35.5. The first-order chi connectivity index (χ1) is 9.88. The van der Waals surface area contributed by atoms with Crippen molar-refractivity contribution in [3.05, 3.63) is 59.1 Å². The van der Waals surface area contributed by atoms with Crippen LogP contribution in [0.15, 0.2) is 58.5 Å². The van der Waals surface area contributed by atoms with E-state index in [9.17, 15) is 8.42 Å². The molecule has 0 fully saturated rings. The highest BCUT2D eigenvalue weighted by molar-refractivity contribution is 7.90. The molecule has 0 bridgehead atoms. The fourth-order valence-corrected chi connectivity index (χ4v) is 2.51. The third-order valence-corrected chi connectivity index (χ3v) is 4.38. The first-order valence-electron chi connectivity index (χ1n) is 6.23. The monoisotopic (exact) mass is 322 g/mol. The number of hydrazone groups is 1. The molecule has 110 valence electrons. The van der Waals surface area contributed by atoms with Gasteiger partial charge in [-0.3, -0.25) is 5.43 Å². The van der Waals surface area contributed by atoms with Gasteiger partial charge < -0.3 is 0 Å². The average Bonchev–Trinajstić information content (AvgIpc) is 2.45. The number of sulfone groups is 1. The van der Waals surface area contributed by atoms with Gasteiger partial charge in [-0.2, -0.15) is 5.10 Å². The molecule has 0 saturated carbocycles. The summed E-state index contributed by atoms with van der Waals surface area (Å²) in [5, 5.41) is 4.83. The molecule has 0 aliphatic rings. The summed E-state index contributed by atoms with van der Waals surface area (Å²) >= 11 is 6.03. The van der Waals surface area contributed by atoms with Gasteiger partial charge in [0.25, 0.3) is 0 Å². The highest BCUT2D eigenvalue weighted by Gasteiger charge is 2.07. The molecule has 0 heterocycles.